The highest BCUT2D eigenvalue weighted by Crippen LogP contribution is 2.24. The number of rotatable bonds is 7. The zero-order valence-corrected chi connectivity index (χ0v) is 18.6. The van der Waals surface area contributed by atoms with Gasteiger partial charge in [0.25, 0.3) is 0 Å². The van der Waals surface area contributed by atoms with Crippen molar-refractivity contribution in [3.8, 4) is 5.75 Å². The first-order chi connectivity index (χ1) is 13.7. The van der Waals surface area contributed by atoms with Gasteiger partial charge in [0.05, 0.1) is 13.2 Å². The molecule has 0 aromatic heterocycles. The van der Waals surface area contributed by atoms with Gasteiger partial charge in [-0.25, -0.2) is 4.79 Å². The van der Waals surface area contributed by atoms with Gasteiger partial charge in [-0.3, -0.25) is 4.79 Å². The Kier molecular flexibility index (Phi) is 8.35. The molecule has 0 saturated carbocycles. The summed E-state index contributed by atoms with van der Waals surface area (Å²) in [5.41, 5.74) is 1.40. The highest BCUT2D eigenvalue weighted by Gasteiger charge is 2.24. The minimum absolute atomic E-state index is 0.117. The number of carbonyl (C=O) groups excluding carboxylic acids is 2. The molecule has 1 aromatic rings. The molecule has 2 amide bonds. The van der Waals surface area contributed by atoms with E-state index in [1.807, 2.05) is 30.9 Å². The average Bonchev–Trinajstić information content (AvgIpc) is 2.69. The van der Waals surface area contributed by atoms with Crippen molar-refractivity contribution in [3.63, 3.8) is 0 Å². The van der Waals surface area contributed by atoms with E-state index < -0.39 is 0 Å². The predicted octanol–water partition coefficient (Wildman–Crippen LogP) is 4.08. The SMILES string of the molecule is CC(C)COC(=O)N1CCN(C(=O)CCCOc2ccc(C(C)(C)C)cc2)CC1. The van der Waals surface area contributed by atoms with E-state index in [0.717, 1.165) is 5.75 Å². The Labute approximate surface area is 175 Å². The Morgan fingerprint density at radius 3 is 2.14 bits per heavy atom. The second-order valence-corrected chi connectivity index (χ2v) is 9.06. The van der Waals surface area contributed by atoms with Crippen molar-refractivity contribution in [2.75, 3.05) is 39.4 Å². The Morgan fingerprint density at radius 2 is 1.59 bits per heavy atom. The molecule has 2 rings (SSSR count). The zero-order valence-electron chi connectivity index (χ0n) is 18.6. The van der Waals surface area contributed by atoms with Crippen LogP contribution in [0.2, 0.25) is 0 Å². The molecule has 0 radical (unpaired) electrons. The summed E-state index contributed by atoms with van der Waals surface area (Å²) in [6, 6.07) is 8.15. The van der Waals surface area contributed by atoms with E-state index in [2.05, 4.69) is 32.9 Å². The van der Waals surface area contributed by atoms with E-state index in [-0.39, 0.29) is 17.4 Å². The molecule has 29 heavy (non-hydrogen) atoms. The lowest BCUT2D eigenvalue weighted by molar-refractivity contribution is -0.133. The third-order valence-electron chi connectivity index (χ3n) is 4.95. The van der Waals surface area contributed by atoms with Crippen LogP contribution in [0.15, 0.2) is 24.3 Å². The minimum atomic E-state index is -0.281. The van der Waals surface area contributed by atoms with Gasteiger partial charge in [0.1, 0.15) is 5.75 Å². The average molecular weight is 405 g/mol. The maximum absolute atomic E-state index is 12.4. The van der Waals surface area contributed by atoms with Gasteiger partial charge in [0.2, 0.25) is 5.91 Å². The minimum Gasteiger partial charge on any atom is -0.494 e. The molecule has 0 spiro atoms. The Hall–Kier alpha value is -2.24. The highest BCUT2D eigenvalue weighted by atomic mass is 16.6. The van der Waals surface area contributed by atoms with Gasteiger partial charge in [-0.05, 0) is 35.4 Å². The first-order valence-corrected chi connectivity index (χ1v) is 10.6. The molecule has 1 fully saturated rings. The van der Waals surface area contributed by atoms with E-state index in [4.69, 9.17) is 9.47 Å². The fourth-order valence-electron chi connectivity index (χ4n) is 3.09. The fraction of sp³-hybridized carbons (Fsp3) is 0.652. The van der Waals surface area contributed by atoms with E-state index in [1.165, 1.54) is 5.56 Å². The molecule has 1 saturated heterocycles. The maximum atomic E-state index is 12.4. The molecule has 6 heteroatoms. The summed E-state index contributed by atoms with van der Waals surface area (Å²) in [4.78, 5) is 27.9. The third-order valence-corrected chi connectivity index (χ3v) is 4.95. The molecule has 0 N–H and O–H groups in total. The van der Waals surface area contributed by atoms with Crippen molar-refractivity contribution in [2.24, 2.45) is 5.92 Å². The normalized spacial score (nSPS) is 14.8. The molecular weight excluding hydrogens is 368 g/mol. The standard InChI is InChI=1S/C23H36N2O4/c1-18(2)17-29-22(27)25-14-12-24(13-15-25)21(26)7-6-16-28-20-10-8-19(9-11-20)23(3,4)5/h8-11,18H,6-7,12-17H2,1-5H3. The summed E-state index contributed by atoms with van der Waals surface area (Å²) >= 11 is 0. The number of amides is 2. The summed E-state index contributed by atoms with van der Waals surface area (Å²) in [5, 5.41) is 0. The van der Waals surface area contributed by atoms with Gasteiger partial charge in [-0.15, -0.1) is 0 Å². The second-order valence-electron chi connectivity index (χ2n) is 9.06. The maximum Gasteiger partial charge on any atom is 0.409 e. The summed E-state index contributed by atoms with van der Waals surface area (Å²) in [5.74, 6) is 1.27. The van der Waals surface area contributed by atoms with Gasteiger partial charge in [-0.1, -0.05) is 46.8 Å². The number of piperazine rings is 1. The molecule has 0 bridgehead atoms. The number of carbonyl (C=O) groups is 2. The lowest BCUT2D eigenvalue weighted by atomic mass is 9.87. The molecule has 1 aromatic carbocycles. The Morgan fingerprint density at radius 1 is 1.00 bits per heavy atom. The van der Waals surface area contributed by atoms with Crippen LogP contribution >= 0.6 is 0 Å². The van der Waals surface area contributed by atoms with Crippen molar-refractivity contribution in [1.82, 2.24) is 9.80 Å². The first kappa shape index (κ1) is 23.0. The van der Waals surface area contributed by atoms with Crippen molar-refractivity contribution < 1.29 is 19.1 Å². The number of ether oxygens (including phenoxy) is 2. The summed E-state index contributed by atoms with van der Waals surface area (Å²) in [6.07, 6.45) is 0.852. The second kappa shape index (κ2) is 10.5. The first-order valence-electron chi connectivity index (χ1n) is 10.6. The number of hydrogen-bond acceptors (Lipinski definition) is 4. The van der Waals surface area contributed by atoms with Gasteiger partial charge >= 0.3 is 6.09 Å². The number of hydrogen-bond donors (Lipinski definition) is 0. The van der Waals surface area contributed by atoms with Crippen LogP contribution in [-0.4, -0.2) is 61.2 Å². The summed E-state index contributed by atoms with van der Waals surface area (Å²) < 4.78 is 11.0. The van der Waals surface area contributed by atoms with Crippen LogP contribution in [0.4, 0.5) is 4.79 Å². The largest absolute Gasteiger partial charge is 0.494 e. The van der Waals surface area contributed by atoms with Gasteiger partial charge in [0, 0.05) is 32.6 Å². The lowest BCUT2D eigenvalue weighted by Gasteiger charge is -2.34. The molecule has 6 nitrogen and oxygen atoms in total. The topological polar surface area (TPSA) is 59.1 Å². The number of nitrogens with zero attached hydrogens (tertiary/aromatic N) is 2. The van der Waals surface area contributed by atoms with Crippen LogP contribution in [0, 0.1) is 5.92 Å². The van der Waals surface area contributed by atoms with Crippen LogP contribution in [0.1, 0.15) is 53.0 Å². The highest BCUT2D eigenvalue weighted by molar-refractivity contribution is 5.76. The van der Waals surface area contributed by atoms with Crippen molar-refractivity contribution in [3.05, 3.63) is 29.8 Å². The molecule has 162 valence electrons. The summed E-state index contributed by atoms with van der Waals surface area (Å²) in [6.45, 7) is 13.7. The van der Waals surface area contributed by atoms with Gasteiger partial charge < -0.3 is 19.3 Å². The van der Waals surface area contributed by atoms with Crippen LogP contribution in [-0.2, 0) is 14.9 Å². The van der Waals surface area contributed by atoms with Gasteiger partial charge in [-0.2, -0.15) is 0 Å². The molecule has 0 atom stereocenters. The van der Waals surface area contributed by atoms with Gasteiger partial charge in [0.15, 0.2) is 0 Å². The molecule has 1 aliphatic rings. The Balaban J connectivity index is 1.64. The quantitative estimate of drug-likeness (QED) is 0.643. The fourth-order valence-corrected chi connectivity index (χ4v) is 3.09. The van der Waals surface area contributed by atoms with Crippen LogP contribution in [0.25, 0.3) is 0 Å². The summed E-state index contributed by atoms with van der Waals surface area (Å²) in [7, 11) is 0. The predicted molar refractivity (Wildman–Crippen MR) is 114 cm³/mol. The molecular formula is C23H36N2O4. The lowest BCUT2D eigenvalue weighted by Crippen LogP contribution is -2.50. The smallest absolute Gasteiger partial charge is 0.409 e. The van der Waals surface area contributed by atoms with Crippen molar-refractivity contribution >= 4 is 12.0 Å². The van der Waals surface area contributed by atoms with Crippen molar-refractivity contribution in [1.29, 1.82) is 0 Å². The van der Waals surface area contributed by atoms with E-state index in [0.29, 0.717) is 58.2 Å². The van der Waals surface area contributed by atoms with Crippen LogP contribution in [0.3, 0.4) is 0 Å². The Bertz CT molecular complexity index is 656. The molecule has 1 aliphatic heterocycles. The van der Waals surface area contributed by atoms with E-state index >= 15 is 0 Å². The molecule has 1 heterocycles. The van der Waals surface area contributed by atoms with E-state index in [9.17, 15) is 9.59 Å². The van der Waals surface area contributed by atoms with Crippen LogP contribution in [0.5, 0.6) is 5.75 Å². The van der Waals surface area contributed by atoms with E-state index in [1.54, 1.807) is 4.90 Å². The monoisotopic (exact) mass is 404 g/mol. The molecule has 0 unspecified atom stereocenters. The van der Waals surface area contributed by atoms with Crippen molar-refractivity contribution in [2.45, 2.75) is 52.9 Å². The zero-order chi connectivity index (χ0) is 21.4. The third kappa shape index (κ3) is 7.59. The molecule has 0 aliphatic carbocycles. The van der Waals surface area contributed by atoms with Crippen LogP contribution < -0.4 is 4.74 Å². The number of benzene rings is 1.